The summed E-state index contributed by atoms with van der Waals surface area (Å²) in [5, 5.41) is 11.0. The van der Waals surface area contributed by atoms with Gasteiger partial charge < -0.3 is 10.4 Å². The van der Waals surface area contributed by atoms with Gasteiger partial charge in [0.2, 0.25) is 0 Å². The lowest BCUT2D eigenvalue weighted by atomic mass is 10.1. The molecule has 21 heavy (non-hydrogen) atoms. The number of carboxylic acids is 1. The van der Waals surface area contributed by atoms with Gasteiger partial charge in [0.15, 0.2) is 0 Å². The minimum Gasteiger partial charge on any atom is -0.481 e. The number of alkyl halides is 3. The topological polar surface area (TPSA) is 66.4 Å². The number of carboxylic acid groups (broad SMARTS) is 1. The molecule has 0 spiro atoms. The Morgan fingerprint density at radius 1 is 1.38 bits per heavy atom. The van der Waals surface area contributed by atoms with Crippen molar-refractivity contribution in [2.45, 2.75) is 19.5 Å². The van der Waals surface area contributed by atoms with E-state index < -0.39 is 23.6 Å². The Balaban J connectivity index is 2.80. The molecule has 0 bridgehead atoms. The first-order valence-electron chi connectivity index (χ1n) is 5.98. The molecule has 1 amide bonds. The van der Waals surface area contributed by atoms with Crippen LogP contribution < -0.4 is 5.32 Å². The van der Waals surface area contributed by atoms with Gasteiger partial charge in [0.25, 0.3) is 5.91 Å². The Bertz CT molecular complexity index is 546. The van der Waals surface area contributed by atoms with E-state index in [0.29, 0.717) is 0 Å². The highest BCUT2D eigenvalue weighted by atomic mass is 79.9. The summed E-state index contributed by atoms with van der Waals surface area (Å²) in [5.41, 5.74) is -1.07. The largest absolute Gasteiger partial charge is 0.481 e. The standard InChI is InChI=1S/C13H13BrF3NO3/c1-7(4-11(19)20)6-18-12(21)9-5-8(13(15,16)17)2-3-10(9)14/h2-3,5,7H,4,6H2,1H3,(H,18,21)(H,19,20). The van der Waals surface area contributed by atoms with Crippen molar-refractivity contribution in [1.29, 1.82) is 0 Å². The van der Waals surface area contributed by atoms with Crippen molar-refractivity contribution in [3.8, 4) is 0 Å². The normalized spacial score (nSPS) is 12.8. The predicted molar refractivity (Wildman–Crippen MR) is 72.9 cm³/mol. The predicted octanol–water partition coefficient (Wildman–Crippen LogP) is 3.31. The molecule has 1 rings (SSSR count). The molecular formula is C13H13BrF3NO3. The summed E-state index contributed by atoms with van der Waals surface area (Å²) in [6.07, 6.45) is -4.67. The van der Waals surface area contributed by atoms with Crippen LogP contribution in [0.3, 0.4) is 0 Å². The summed E-state index contributed by atoms with van der Waals surface area (Å²) in [6, 6.07) is 2.77. The van der Waals surface area contributed by atoms with Gasteiger partial charge in [0.1, 0.15) is 0 Å². The molecule has 0 aliphatic heterocycles. The fourth-order valence-corrected chi connectivity index (χ4v) is 2.03. The average Bonchev–Trinajstić information content (AvgIpc) is 2.34. The quantitative estimate of drug-likeness (QED) is 0.838. The van der Waals surface area contributed by atoms with E-state index in [1.807, 2.05) is 0 Å². The van der Waals surface area contributed by atoms with Gasteiger partial charge in [-0.15, -0.1) is 0 Å². The number of aliphatic carboxylic acids is 1. The van der Waals surface area contributed by atoms with Crippen molar-refractivity contribution in [2.24, 2.45) is 5.92 Å². The summed E-state index contributed by atoms with van der Waals surface area (Å²) < 4.78 is 38.1. The second-order valence-electron chi connectivity index (χ2n) is 4.61. The lowest BCUT2D eigenvalue weighted by Gasteiger charge is -2.13. The molecule has 0 aromatic heterocycles. The third kappa shape index (κ3) is 5.37. The lowest BCUT2D eigenvalue weighted by Crippen LogP contribution is -2.29. The van der Waals surface area contributed by atoms with Crippen molar-refractivity contribution >= 4 is 27.8 Å². The van der Waals surface area contributed by atoms with E-state index in [0.717, 1.165) is 18.2 Å². The highest BCUT2D eigenvalue weighted by Gasteiger charge is 2.31. The number of halogens is 4. The van der Waals surface area contributed by atoms with Gasteiger partial charge in [-0.05, 0) is 40.0 Å². The van der Waals surface area contributed by atoms with Crippen LogP contribution in [0.4, 0.5) is 13.2 Å². The highest BCUT2D eigenvalue weighted by Crippen LogP contribution is 2.31. The molecule has 1 unspecified atom stereocenters. The number of hydrogen-bond donors (Lipinski definition) is 2. The van der Waals surface area contributed by atoms with Crippen molar-refractivity contribution in [3.63, 3.8) is 0 Å². The molecule has 0 radical (unpaired) electrons. The van der Waals surface area contributed by atoms with Crippen molar-refractivity contribution in [2.75, 3.05) is 6.54 Å². The number of carbonyl (C=O) groups is 2. The van der Waals surface area contributed by atoms with Crippen LogP contribution in [0.1, 0.15) is 29.3 Å². The zero-order valence-corrected chi connectivity index (χ0v) is 12.6. The fourth-order valence-electron chi connectivity index (χ4n) is 1.61. The molecule has 0 aliphatic rings. The molecular weight excluding hydrogens is 355 g/mol. The van der Waals surface area contributed by atoms with Gasteiger partial charge in [-0.2, -0.15) is 13.2 Å². The zero-order valence-electron chi connectivity index (χ0n) is 11.0. The van der Waals surface area contributed by atoms with E-state index in [4.69, 9.17) is 5.11 Å². The van der Waals surface area contributed by atoms with Crippen molar-refractivity contribution < 1.29 is 27.9 Å². The van der Waals surface area contributed by atoms with Crippen LogP contribution in [-0.2, 0) is 11.0 Å². The molecule has 0 aliphatic carbocycles. The van der Waals surface area contributed by atoms with E-state index in [9.17, 15) is 22.8 Å². The van der Waals surface area contributed by atoms with Crippen LogP contribution in [0.25, 0.3) is 0 Å². The first-order valence-corrected chi connectivity index (χ1v) is 6.77. The maximum atomic E-state index is 12.6. The lowest BCUT2D eigenvalue weighted by molar-refractivity contribution is -0.138. The monoisotopic (exact) mass is 367 g/mol. The average molecular weight is 368 g/mol. The van der Waals surface area contributed by atoms with Gasteiger partial charge >= 0.3 is 12.1 Å². The van der Waals surface area contributed by atoms with Crippen LogP contribution in [0, 0.1) is 5.92 Å². The molecule has 2 N–H and O–H groups in total. The molecule has 1 aromatic rings. The molecule has 0 saturated carbocycles. The van der Waals surface area contributed by atoms with Crippen molar-refractivity contribution in [1.82, 2.24) is 5.32 Å². The Morgan fingerprint density at radius 3 is 2.52 bits per heavy atom. The van der Waals surface area contributed by atoms with Crippen LogP contribution in [0.15, 0.2) is 22.7 Å². The molecule has 1 atom stereocenters. The molecule has 0 fully saturated rings. The van der Waals surface area contributed by atoms with Crippen LogP contribution in [0.5, 0.6) is 0 Å². The van der Waals surface area contributed by atoms with E-state index in [1.54, 1.807) is 6.92 Å². The van der Waals surface area contributed by atoms with Crippen LogP contribution >= 0.6 is 15.9 Å². The third-order valence-electron chi connectivity index (χ3n) is 2.67. The summed E-state index contributed by atoms with van der Waals surface area (Å²) in [6.45, 7) is 1.68. The molecule has 1 aromatic carbocycles. The first-order chi connectivity index (χ1) is 9.61. The smallest absolute Gasteiger partial charge is 0.416 e. The molecule has 8 heteroatoms. The molecule has 0 saturated heterocycles. The van der Waals surface area contributed by atoms with Gasteiger partial charge in [-0.25, -0.2) is 0 Å². The number of rotatable bonds is 5. The van der Waals surface area contributed by atoms with Gasteiger partial charge in [-0.1, -0.05) is 6.92 Å². The fraction of sp³-hybridized carbons (Fsp3) is 0.385. The third-order valence-corrected chi connectivity index (χ3v) is 3.36. The van der Waals surface area contributed by atoms with Crippen molar-refractivity contribution in [3.05, 3.63) is 33.8 Å². The minimum absolute atomic E-state index is 0.0633. The van der Waals surface area contributed by atoms with Gasteiger partial charge in [0, 0.05) is 17.4 Å². The number of carbonyl (C=O) groups excluding carboxylic acids is 1. The Morgan fingerprint density at radius 2 is 2.00 bits per heavy atom. The zero-order chi connectivity index (χ0) is 16.2. The molecule has 4 nitrogen and oxygen atoms in total. The van der Waals surface area contributed by atoms with Gasteiger partial charge in [0.05, 0.1) is 11.1 Å². The number of hydrogen-bond acceptors (Lipinski definition) is 2. The second-order valence-corrected chi connectivity index (χ2v) is 5.46. The number of nitrogens with one attached hydrogen (secondary N) is 1. The molecule has 0 heterocycles. The Labute approximate surface area is 127 Å². The minimum atomic E-state index is -4.54. The van der Waals surface area contributed by atoms with Crippen LogP contribution in [0.2, 0.25) is 0 Å². The van der Waals surface area contributed by atoms with Crippen LogP contribution in [-0.4, -0.2) is 23.5 Å². The summed E-state index contributed by atoms with van der Waals surface area (Å²) >= 11 is 3.02. The molecule has 116 valence electrons. The summed E-state index contributed by atoms with van der Waals surface area (Å²) in [7, 11) is 0. The number of benzene rings is 1. The number of amides is 1. The highest BCUT2D eigenvalue weighted by molar-refractivity contribution is 9.10. The Kier molecular flexibility index (Phi) is 5.77. The van der Waals surface area contributed by atoms with E-state index in [2.05, 4.69) is 21.2 Å². The second kappa shape index (κ2) is 6.93. The van der Waals surface area contributed by atoms with Gasteiger partial charge in [-0.3, -0.25) is 9.59 Å². The first kappa shape index (κ1) is 17.5. The Hall–Kier alpha value is -1.57. The summed E-state index contributed by atoms with van der Waals surface area (Å²) in [5.74, 6) is -2.02. The SMILES string of the molecule is CC(CNC(=O)c1cc(C(F)(F)F)ccc1Br)CC(=O)O. The maximum absolute atomic E-state index is 12.6. The summed E-state index contributed by atoms with van der Waals surface area (Å²) in [4.78, 5) is 22.4. The van der Waals surface area contributed by atoms with E-state index >= 15 is 0 Å². The maximum Gasteiger partial charge on any atom is 0.416 e. The van der Waals surface area contributed by atoms with E-state index in [1.165, 1.54) is 0 Å². The van der Waals surface area contributed by atoms with E-state index in [-0.39, 0.29) is 28.9 Å².